The Bertz CT molecular complexity index is 599. The first-order valence-electron chi connectivity index (χ1n) is 15.4. The van der Waals surface area contributed by atoms with Crippen molar-refractivity contribution < 1.29 is 14.7 Å². The molecule has 2 rings (SSSR count). The highest BCUT2D eigenvalue weighted by atomic mass is 16.3. The third-order valence-electron chi connectivity index (χ3n) is 8.22. The van der Waals surface area contributed by atoms with Crippen molar-refractivity contribution in [2.75, 3.05) is 19.6 Å². The fraction of sp³-hybridized carbons (Fsp3) is 0.935. The van der Waals surface area contributed by atoms with Gasteiger partial charge in [0.2, 0.25) is 5.91 Å². The molecule has 220 valence electrons. The van der Waals surface area contributed by atoms with Crippen LogP contribution in [0.2, 0.25) is 0 Å². The average Bonchev–Trinajstić information content (AvgIpc) is 3.38. The molecule has 2 aliphatic rings. The minimum absolute atomic E-state index is 0.171. The second-order valence-electron chi connectivity index (χ2n) is 12.2. The number of rotatable bonds is 15. The summed E-state index contributed by atoms with van der Waals surface area (Å²) in [6, 6.07) is 0. The minimum Gasteiger partial charge on any atom is -0.393 e. The first-order valence-corrected chi connectivity index (χ1v) is 15.4. The van der Waals surface area contributed by atoms with Crippen LogP contribution in [0.5, 0.6) is 0 Å². The van der Waals surface area contributed by atoms with Crippen LogP contribution < -0.4 is 16.0 Å². The summed E-state index contributed by atoms with van der Waals surface area (Å²) in [7, 11) is 0. The predicted molar refractivity (Wildman–Crippen MR) is 158 cm³/mol. The van der Waals surface area contributed by atoms with Gasteiger partial charge < -0.3 is 21.1 Å². The summed E-state index contributed by atoms with van der Waals surface area (Å²) < 4.78 is 0. The summed E-state index contributed by atoms with van der Waals surface area (Å²) >= 11 is 0. The molecular formula is C31H63N3O3. The Kier molecular flexibility index (Phi) is 19.5. The molecule has 0 heterocycles. The highest BCUT2D eigenvalue weighted by Crippen LogP contribution is 2.27. The molecule has 37 heavy (non-hydrogen) atoms. The number of Topliss-reactive ketones (excluding diaryl/α,β-unsaturated/α-hetero) is 1. The van der Waals surface area contributed by atoms with Crippen LogP contribution >= 0.6 is 0 Å². The largest absolute Gasteiger partial charge is 0.393 e. The lowest BCUT2D eigenvalue weighted by molar-refractivity contribution is -0.127. The van der Waals surface area contributed by atoms with Crippen molar-refractivity contribution in [1.29, 1.82) is 0 Å². The van der Waals surface area contributed by atoms with Gasteiger partial charge in [-0.1, -0.05) is 53.4 Å². The SMILES string of the molecule is CC(=O)C1CC(O)C1.CCCC(C)(CC)NCCCNC(=O)C1CCCC1.CCCCNC(C)(C)CC. The second-order valence-corrected chi connectivity index (χ2v) is 12.2. The Balaban J connectivity index is 0.000000599. The Labute approximate surface area is 229 Å². The van der Waals surface area contributed by atoms with Crippen molar-refractivity contribution in [1.82, 2.24) is 16.0 Å². The van der Waals surface area contributed by atoms with Gasteiger partial charge in [0, 0.05) is 29.5 Å². The molecule has 0 aromatic rings. The molecule has 1 amide bonds. The van der Waals surface area contributed by atoms with E-state index in [-0.39, 0.29) is 29.3 Å². The molecule has 0 saturated heterocycles. The predicted octanol–water partition coefficient (Wildman–Crippen LogP) is 6.15. The van der Waals surface area contributed by atoms with Gasteiger partial charge in [0.05, 0.1) is 6.10 Å². The lowest BCUT2D eigenvalue weighted by Crippen LogP contribution is -2.43. The first-order chi connectivity index (χ1) is 17.4. The number of carbonyl (C=O) groups is 2. The molecule has 6 heteroatoms. The number of aliphatic hydroxyl groups is 1. The van der Waals surface area contributed by atoms with Crippen LogP contribution in [0.3, 0.4) is 0 Å². The summed E-state index contributed by atoms with van der Waals surface area (Å²) in [5, 5.41) is 18.9. The van der Waals surface area contributed by atoms with Crippen LogP contribution in [0.25, 0.3) is 0 Å². The van der Waals surface area contributed by atoms with E-state index in [2.05, 4.69) is 64.4 Å². The maximum Gasteiger partial charge on any atom is 0.223 e. The lowest BCUT2D eigenvalue weighted by Gasteiger charge is -2.29. The van der Waals surface area contributed by atoms with Crippen LogP contribution in [-0.4, -0.2) is 53.6 Å². The molecule has 1 unspecified atom stereocenters. The Morgan fingerprint density at radius 3 is 1.84 bits per heavy atom. The zero-order valence-corrected chi connectivity index (χ0v) is 25.8. The summed E-state index contributed by atoms with van der Waals surface area (Å²) in [4.78, 5) is 22.3. The van der Waals surface area contributed by atoms with Gasteiger partial charge >= 0.3 is 0 Å². The third-order valence-corrected chi connectivity index (χ3v) is 8.22. The molecule has 0 radical (unpaired) electrons. The third kappa shape index (κ3) is 17.3. The van der Waals surface area contributed by atoms with E-state index in [1.165, 1.54) is 44.9 Å². The van der Waals surface area contributed by atoms with Crippen LogP contribution in [0, 0.1) is 11.8 Å². The molecule has 4 N–H and O–H groups in total. The summed E-state index contributed by atoms with van der Waals surface area (Å²) in [6.45, 7) is 20.3. The fourth-order valence-corrected chi connectivity index (χ4v) is 4.61. The number of ketones is 1. The van der Waals surface area contributed by atoms with Crippen LogP contribution in [0.4, 0.5) is 0 Å². The van der Waals surface area contributed by atoms with Crippen molar-refractivity contribution >= 4 is 11.7 Å². The number of unbranched alkanes of at least 4 members (excludes halogenated alkanes) is 1. The Morgan fingerprint density at radius 1 is 0.811 bits per heavy atom. The minimum atomic E-state index is -0.191. The highest BCUT2D eigenvalue weighted by Gasteiger charge is 2.30. The van der Waals surface area contributed by atoms with Gasteiger partial charge in [0.15, 0.2) is 0 Å². The number of amides is 1. The van der Waals surface area contributed by atoms with Gasteiger partial charge in [0.25, 0.3) is 0 Å². The van der Waals surface area contributed by atoms with Gasteiger partial charge in [-0.25, -0.2) is 0 Å². The van der Waals surface area contributed by atoms with E-state index in [0.717, 1.165) is 45.3 Å². The van der Waals surface area contributed by atoms with Crippen LogP contribution in [0.15, 0.2) is 0 Å². The highest BCUT2D eigenvalue weighted by molar-refractivity contribution is 5.79. The molecule has 0 bridgehead atoms. The van der Waals surface area contributed by atoms with E-state index < -0.39 is 0 Å². The van der Waals surface area contributed by atoms with E-state index in [4.69, 9.17) is 5.11 Å². The van der Waals surface area contributed by atoms with E-state index in [0.29, 0.717) is 24.3 Å². The molecular weight excluding hydrogens is 462 g/mol. The average molecular weight is 526 g/mol. The maximum absolute atomic E-state index is 11.8. The smallest absolute Gasteiger partial charge is 0.223 e. The van der Waals surface area contributed by atoms with E-state index in [1.807, 2.05) is 0 Å². The van der Waals surface area contributed by atoms with Gasteiger partial charge in [-0.3, -0.25) is 9.59 Å². The molecule has 6 nitrogen and oxygen atoms in total. The number of hydrogen-bond acceptors (Lipinski definition) is 5. The Morgan fingerprint density at radius 2 is 1.41 bits per heavy atom. The Hall–Kier alpha value is -0.980. The quantitative estimate of drug-likeness (QED) is 0.192. The second kappa shape index (κ2) is 20.0. The number of aliphatic hydroxyl groups excluding tert-OH is 1. The molecule has 0 spiro atoms. The number of nitrogens with one attached hydrogen (secondary N) is 3. The number of carbonyl (C=O) groups excluding carboxylic acids is 2. The molecule has 2 fully saturated rings. The summed E-state index contributed by atoms with van der Waals surface area (Å²) in [5.74, 6) is 0.971. The zero-order valence-electron chi connectivity index (χ0n) is 25.8. The van der Waals surface area contributed by atoms with E-state index in [1.54, 1.807) is 6.92 Å². The van der Waals surface area contributed by atoms with Crippen molar-refractivity contribution in [2.45, 2.75) is 156 Å². The van der Waals surface area contributed by atoms with Crippen molar-refractivity contribution in [3.63, 3.8) is 0 Å². The monoisotopic (exact) mass is 525 g/mol. The van der Waals surface area contributed by atoms with Crippen LogP contribution in [-0.2, 0) is 9.59 Å². The molecule has 1 atom stereocenters. The van der Waals surface area contributed by atoms with Gasteiger partial charge in [-0.2, -0.15) is 0 Å². The topological polar surface area (TPSA) is 90.5 Å². The van der Waals surface area contributed by atoms with E-state index in [9.17, 15) is 9.59 Å². The summed E-state index contributed by atoms with van der Waals surface area (Å²) in [5.41, 5.74) is 0.610. The normalized spacial score (nSPS) is 21.0. The standard InChI is InChI=1S/C16H32N2O.C9H21N.C6H10O2/c1-4-11-16(3,5-2)18-13-8-12-17-15(19)14-9-6-7-10-14;1-5-7-8-10-9(3,4)6-2;1-4(7)5-2-6(8)3-5/h14,18H,4-13H2,1-3H3,(H,17,19);10H,5-8H2,1-4H3;5-6,8H,2-3H2,1H3. The van der Waals surface area contributed by atoms with E-state index >= 15 is 0 Å². The van der Waals surface area contributed by atoms with Crippen molar-refractivity contribution in [3.8, 4) is 0 Å². The fourth-order valence-electron chi connectivity index (χ4n) is 4.61. The molecule has 0 aromatic heterocycles. The van der Waals surface area contributed by atoms with Crippen LogP contribution in [0.1, 0.15) is 139 Å². The lowest BCUT2D eigenvalue weighted by atomic mass is 9.80. The van der Waals surface area contributed by atoms with Gasteiger partial charge in [-0.05, 0) is 98.6 Å². The van der Waals surface area contributed by atoms with Crippen molar-refractivity contribution in [2.24, 2.45) is 11.8 Å². The molecule has 0 aromatic carbocycles. The molecule has 0 aliphatic heterocycles. The van der Waals surface area contributed by atoms with Gasteiger partial charge in [0.1, 0.15) is 5.78 Å². The zero-order chi connectivity index (χ0) is 28.3. The number of hydrogen-bond donors (Lipinski definition) is 4. The first kappa shape index (κ1) is 36.0. The van der Waals surface area contributed by atoms with Crippen molar-refractivity contribution in [3.05, 3.63) is 0 Å². The molecule has 2 aliphatic carbocycles. The summed E-state index contributed by atoms with van der Waals surface area (Å²) in [6.07, 6.45) is 14.2. The molecule has 2 saturated carbocycles. The van der Waals surface area contributed by atoms with Gasteiger partial charge in [-0.15, -0.1) is 0 Å². The maximum atomic E-state index is 11.8.